The molecule has 8 nitrogen and oxygen atoms in total. The van der Waals surface area contributed by atoms with Gasteiger partial charge in [-0.2, -0.15) is 0 Å². The Morgan fingerprint density at radius 3 is 3.00 bits per heavy atom. The van der Waals surface area contributed by atoms with Gasteiger partial charge in [-0.1, -0.05) is 23.5 Å². The molecule has 10 heteroatoms. The van der Waals surface area contributed by atoms with Crippen molar-refractivity contribution in [3.8, 4) is 9.88 Å². The maximum Gasteiger partial charge on any atom is 0.324 e. The van der Waals surface area contributed by atoms with Crippen molar-refractivity contribution in [3.63, 3.8) is 0 Å². The van der Waals surface area contributed by atoms with Crippen LogP contribution < -0.4 is 5.32 Å². The summed E-state index contributed by atoms with van der Waals surface area (Å²) in [4.78, 5) is 27.9. The quantitative estimate of drug-likeness (QED) is 0.539. The highest BCUT2D eigenvalue weighted by molar-refractivity contribution is 7.23. The Labute approximate surface area is 168 Å². The van der Waals surface area contributed by atoms with Gasteiger partial charge in [-0.25, -0.2) is 9.78 Å². The molecule has 0 unspecified atom stereocenters. The molecule has 4 aromatic heterocycles. The lowest BCUT2D eigenvalue weighted by atomic mass is 10.00. The average molecular weight is 410 g/mol. The third-order valence-electron chi connectivity index (χ3n) is 4.52. The molecule has 4 aromatic rings. The Morgan fingerprint density at radius 1 is 1.21 bits per heavy atom. The molecule has 1 aliphatic heterocycles. The lowest BCUT2D eigenvalue weighted by Gasteiger charge is -2.34. The smallest absolute Gasteiger partial charge is 0.324 e. The predicted molar refractivity (Wildman–Crippen MR) is 107 cm³/mol. The molecule has 1 aliphatic rings. The number of fused-ring (bicyclic) bond motifs is 1. The number of nitrogens with one attached hydrogen (secondary N) is 2. The van der Waals surface area contributed by atoms with Crippen LogP contribution in [0.2, 0.25) is 0 Å². The molecule has 28 heavy (non-hydrogen) atoms. The van der Waals surface area contributed by atoms with Crippen molar-refractivity contribution in [2.45, 2.75) is 12.5 Å². The number of urea groups is 1. The number of aromatic nitrogens is 5. The minimum Gasteiger partial charge on any atom is -0.348 e. The lowest BCUT2D eigenvalue weighted by molar-refractivity contribution is 0.191. The number of pyridine rings is 1. The molecule has 0 aromatic carbocycles. The second-order valence-corrected chi connectivity index (χ2v) is 8.11. The Morgan fingerprint density at radius 2 is 2.18 bits per heavy atom. The van der Waals surface area contributed by atoms with Crippen LogP contribution in [0.3, 0.4) is 0 Å². The summed E-state index contributed by atoms with van der Waals surface area (Å²) in [6.07, 6.45) is 4.10. The van der Waals surface area contributed by atoms with Crippen molar-refractivity contribution in [3.05, 3.63) is 65.3 Å². The topological polar surface area (TPSA) is 99.7 Å². The van der Waals surface area contributed by atoms with Crippen LogP contribution in [0.5, 0.6) is 0 Å². The van der Waals surface area contributed by atoms with E-state index >= 15 is 0 Å². The summed E-state index contributed by atoms with van der Waals surface area (Å²) in [5.41, 5.74) is 2.65. The first-order valence-corrected chi connectivity index (χ1v) is 10.4. The fraction of sp³-hybridized carbons (Fsp3) is 0.167. The Balaban J connectivity index is 1.42. The Kier molecular flexibility index (Phi) is 4.34. The average Bonchev–Trinajstić information content (AvgIpc) is 3.48. The molecule has 0 aliphatic carbocycles. The highest BCUT2D eigenvalue weighted by atomic mass is 32.1. The standard InChI is InChI=1S/C18H15N7OS2/c26-18(22-17-24-23-16(28-17)13-5-3-9-27-13)25-8-6-11-14(21-10-20-11)15(25)12-4-1-2-7-19-12/h1-5,7,9-10,15H,6,8H2,(H,20,21)(H,22,24,26)/t15-/m0/s1. The fourth-order valence-corrected chi connectivity index (χ4v) is 4.79. The van der Waals surface area contributed by atoms with Crippen molar-refractivity contribution in [2.75, 3.05) is 11.9 Å². The molecule has 0 spiro atoms. The van der Waals surface area contributed by atoms with Gasteiger partial charge in [0.05, 0.1) is 22.6 Å². The summed E-state index contributed by atoms with van der Waals surface area (Å²) in [5, 5.41) is 14.4. The second-order valence-electron chi connectivity index (χ2n) is 6.19. The van der Waals surface area contributed by atoms with Gasteiger partial charge in [0.25, 0.3) is 0 Å². The molecule has 2 amide bonds. The van der Waals surface area contributed by atoms with E-state index in [1.54, 1.807) is 28.8 Å². The van der Waals surface area contributed by atoms with Crippen LogP contribution >= 0.6 is 22.7 Å². The summed E-state index contributed by atoms with van der Waals surface area (Å²) in [5.74, 6) is 0. The number of anilines is 1. The van der Waals surface area contributed by atoms with Gasteiger partial charge in [0.15, 0.2) is 5.01 Å². The van der Waals surface area contributed by atoms with Gasteiger partial charge in [-0.3, -0.25) is 10.3 Å². The maximum absolute atomic E-state index is 13.1. The summed E-state index contributed by atoms with van der Waals surface area (Å²) in [6.45, 7) is 0.554. The number of carbonyl (C=O) groups excluding carboxylic acids is 1. The molecule has 0 radical (unpaired) electrons. The molecular formula is C18H15N7OS2. The largest absolute Gasteiger partial charge is 0.348 e. The third kappa shape index (κ3) is 3.06. The first kappa shape index (κ1) is 17.0. The predicted octanol–water partition coefficient (Wildman–Crippen LogP) is 3.56. The summed E-state index contributed by atoms with van der Waals surface area (Å²) < 4.78 is 0. The zero-order valence-electron chi connectivity index (χ0n) is 14.6. The van der Waals surface area contributed by atoms with E-state index in [4.69, 9.17) is 0 Å². The summed E-state index contributed by atoms with van der Waals surface area (Å²) in [6, 6.07) is 9.05. The molecule has 5 rings (SSSR count). The second kappa shape index (κ2) is 7.13. The molecule has 1 atom stereocenters. The first-order valence-electron chi connectivity index (χ1n) is 8.67. The Bertz CT molecular complexity index is 1090. The van der Waals surface area contributed by atoms with E-state index in [1.165, 1.54) is 11.3 Å². The number of thiophene rings is 1. The van der Waals surface area contributed by atoms with E-state index in [2.05, 4.69) is 30.5 Å². The van der Waals surface area contributed by atoms with Crippen molar-refractivity contribution in [1.29, 1.82) is 0 Å². The third-order valence-corrected chi connectivity index (χ3v) is 6.40. The van der Waals surface area contributed by atoms with Crippen molar-refractivity contribution >= 4 is 33.8 Å². The molecular weight excluding hydrogens is 394 g/mol. The van der Waals surface area contributed by atoms with E-state index in [1.807, 2.05) is 35.7 Å². The van der Waals surface area contributed by atoms with Crippen LogP contribution in [-0.2, 0) is 6.42 Å². The maximum atomic E-state index is 13.1. The number of hydrogen-bond donors (Lipinski definition) is 2. The summed E-state index contributed by atoms with van der Waals surface area (Å²) in [7, 11) is 0. The van der Waals surface area contributed by atoms with Crippen molar-refractivity contribution < 1.29 is 4.79 Å². The van der Waals surface area contributed by atoms with Gasteiger partial charge >= 0.3 is 6.03 Å². The lowest BCUT2D eigenvalue weighted by Crippen LogP contribution is -2.43. The monoisotopic (exact) mass is 409 g/mol. The number of carbonyl (C=O) groups is 1. The van der Waals surface area contributed by atoms with Crippen LogP contribution in [-0.4, -0.2) is 42.6 Å². The highest BCUT2D eigenvalue weighted by Crippen LogP contribution is 2.34. The molecule has 0 bridgehead atoms. The van der Waals surface area contributed by atoms with Crippen molar-refractivity contribution in [2.24, 2.45) is 0 Å². The number of amides is 2. The first-order chi connectivity index (χ1) is 13.8. The molecule has 5 heterocycles. The minimum absolute atomic E-state index is 0.238. The molecule has 0 saturated carbocycles. The number of hydrogen-bond acceptors (Lipinski definition) is 7. The molecule has 0 fully saturated rings. The van der Waals surface area contributed by atoms with Crippen molar-refractivity contribution in [1.82, 2.24) is 30.0 Å². The normalized spacial score (nSPS) is 16.0. The fourth-order valence-electron chi connectivity index (χ4n) is 3.27. The molecule has 140 valence electrons. The van der Waals surface area contributed by atoms with E-state index in [0.717, 1.165) is 27.0 Å². The van der Waals surface area contributed by atoms with Crippen LogP contribution in [0.15, 0.2) is 48.2 Å². The number of imidazole rings is 1. The van der Waals surface area contributed by atoms with E-state index in [9.17, 15) is 4.79 Å². The Hall–Kier alpha value is -3.11. The zero-order valence-corrected chi connectivity index (χ0v) is 16.2. The van der Waals surface area contributed by atoms with Gasteiger partial charge in [-0.05, 0) is 23.6 Å². The van der Waals surface area contributed by atoms with Crippen LogP contribution in [0.25, 0.3) is 9.88 Å². The molecule has 0 saturated heterocycles. The van der Waals surface area contributed by atoms with Gasteiger partial charge < -0.3 is 9.88 Å². The van der Waals surface area contributed by atoms with E-state index < -0.39 is 0 Å². The van der Waals surface area contributed by atoms with E-state index in [-0.39, 0.29) is 12.1 Å². The van der Waals surface area contributed by atoms with Gasteiger partial charge in [0.1, 0.15) is 6.04 Å². The number of H-pyrrole nitrogens is 1. The van der Waals surface area contributed by atoms with Gasteiger partial charge in [-0.15, -0.1) is 21.5 Å². The number of aromatic amines is 1. The van der Waals surface area contributed by atoms with E-state index in [0.29, 0.717) is 18.1 Å². The zero-order chi connectivity index (χ0) is 18.9. The number of nitrogens with zero attached hydrogens (tertiary/aromatic N) is 5. The van der Waals surface area contributed by atoms with Crippen LogP contribution in [0.4, 0.5) is 9.93 Å². The SMILES string of the molecule is O=C(Nc1nnc(-c2cccs2)s1)N1CCc2[nH]cnc2[C@@H]1c1ccccn1. The van der Waals surface area contributed by atoms with Gasteiger partial charge in [0, 0.05) is 24.9 Å². The van der Waals surface area contributed by atoms with Crippen LogP contribution in [0, 0.1) is 0 Å². The molecule has 2 N–H and O–H groups in total. The van der Waals surface area contributed by atoms with Gasteiger partial charge in [0.2, 0.25) is 5.13 Å². The highest BCUT2D eigenvalue weighted by Gasteiger charge is 2.35. The minimum atomic E-state index is -0.346. The summed E-state index contributed by atoms with van der Waals surface area (Å²) >= 11 is 2.95. The number of rotatable bonds is 3. The van der Waals surface area contributed by atoms with Crippen LogP contribution in [0.1, 0.15) is 23.1 Å².